The van der Waals surface area contributed by atoms with E-state index in [1.165, 1.54) is 0 Å². The second kappa shape index (κ2) is 3.41. The summed E-state index contributed by atoms with van der Waals surface area (Å²) in [6.07, 6.45) is -4.60. The molecule has 0 saturated carbocycles. The summed E-state index contributed by atoms with van der Waals surface area (Å²) in [4.78, 5) is 10.2. The Kier molecular flexibility index (Phi) is 2.69. The van der Waals surface area contributed by atoms with Crippen LogP contribution in [-0.2, 0) is 9.53 Å². The van der Waals surface area contributed by atoms with E-state index in [0.29, 0.717) is 0 Å². The van der Waals surface area contributed by atoms with Gasteiger partial charge in [0.05, 0.1) is 18.5 Å². The van der Waals surface area contributed by atoms with E-state index in [0.717, 1.165) is 0 Å². The van der Waals surface area contributed by atoms with Gasteiger partial charge >= 0.3 is 5.97 Å². The number of hydrogen-bond acceptors (Lipinski definition) is 3. The van der Waals surface area contributed by atoms with Crippen LogP contribution < -0.4 is 0 Å². The molecule has 0 aromatic rings. The van der Waals surface area contributed by atoms with Gasteiger partial charge in [-0.25, -0.2) is 4.39 Å². The lowest BCUT2D eigenvalue weighted by molar-refractivity contribution is -0.140. The molecule has 0 spiro atoms. The van der Waals surface area contributed by atoms with Gasteiger partial charge in [-0.3, -0.25) is 4.79 Å². The van der Waals surface area contributed by atoms with Gasteiger partial charge in [0.25, 0.3) is 0 Å². The maximum atomic E-state index is 12.7. The van der Waals surface area contributed by atoms with Gasteiger partial charge in [0, 0.05) is 0 Å². The number of carbonyl (C=O) groups is 1. The Morgan fingerprint density at radius 2 is 2.25 bits per heavy atom. The lowest BCUT2D eigenvalue weighted by Gasteiger charge is -2.10. The maximum Gasteiger partial charge on any atom is 0.306 e. The van der Waals surface area contributed by atoms with Crippen LogP contribution in [0.5, 0.6) is 0 Å². The van der Waals surface area contributed by atoms with Crippen molar-refractivity contribution in [2.45, 2.75) is 30.8 Å². The minimum absolute atomic E-state index is 0.435. The van der Waals surface area contributed by atoms with Crippen LogP contribution in [0.3, 0.4) is 0 Å². The molecule has 2 radical (unpaired) electrons. The van der Waals surface area contributed by atoms with Crippen LogP contribution in [0.4, 0.5) is 4.39 Å². The Hall–Kier alpha value is -0.615. The highest BCUT2D eigenvalue weighted by atomic mass is 19.1. The lowest BCUT2D eigenvalue weighted by atomic mass is 9.94. The molecule has 6 heteroatoms. The number of aliphatic hydroxyl groups is 1. The van der Waals surface area contributed by atoms with E-state index in [-0.39, 0.29) is 0 Å². The number of aliphatic carboxylic acids is 1. The highest BCUT2D eigenvalue weighted by molar-refractivity contribution is 6.11. The number of rotatable bonds is 2. The molecule has 4 atom stereocenters. The molecule has 4 nitrogen and oxygen atoms in total. The smallest absolute Gasteiger partial charge is 0.306 e. The Morgan fingerprint density at radius 1 is 1.67 bits per heavy atom. The van der Waals surface area contributed by atoms with Crippen molar-refractivity contribution in [3.8, 4) is 0 Å². The Labute approximate surface area is 69.7 Å². The van der Waals surface area contributed by atoms with Crippen LogP contribution in [-0.4, -0.2) is 48.4 Å². The van der Waals surface area contributed by atoms with Crippen LogP contribution in [0, 0.1) is 0 Å². The molecule has 2 N–H and O–H groups in total. The first-order valence-electron chi connectivity index (χ1n) is 3.47. The number of ether oxygens (including phenoxy) is 1. The minimum Gasteiger partial charge on any atom is -0.481 e. The molecule has 66 valence electrons. The fraction of sp³-hybridized carbons (Fsp3) is 0.833. The molecule has 12 heavy (non-hydrogen) atoms. The summed E-state index contributed by atoms with van der Waals surface area (Å²) in [5.41, 5.74) is 0. The Morgan fingerprint density at radius 3 is 2.58 bits per heavy atom. The first-order chi connectivity index (χ1) is 5.52. The third kappa shape index (κ3) is 1.76. The molecule has 1 heterocycles. The first kappa shape index (κ1) is 9.47. The SMILES string of the molecule is [B]C1OC(CC(=O)O)C(O)C1F. The highest BCUT2D eigenvalue weighted by Gasteiger charge is 2.41. The van der Waals surface area contributed by atoms with Crippen molar-refractivity contribution in [1.82, 2.24) is 0 Å². The van der Waals surface area contributed by atoms with Gasteiger partial charge < -0.3 is 14.9 Å². The van der Waals surface area contributed by atoms with Crippen molar-refractivity contribution in [2.75, 3.05) is 0 Å². The zero-order valence-corrected chi connectivity index (χ0v) is 6.18. The normalized spacial score (nSPS) is 41.5. The summed E-state index contributed by atoms with van der Waals surface area (Å²) in [6, 6.07) is -1.22. The third-order valence-corrected chi connectivity index (χ3v) is 1.73. The first-order valence-corrected chi connectivity index (χ1v) is 3.47. The number of alkyl halides is 1. The van der Waals surface area contributed by atoms with Gasteiger partial charge in [0.15, 0.2) is 0 Å². The average molecular weight is 174 g/mol. The van der Waals surface area contributed by atoms with Gasteiger partial charge in [0.1, 0.15) is 20.1 Å². The zero-order chi connectivity index (χ0) is 9.30. The predicted octanol–water partition coefficient (Wildman–Crippen LogP) is -0.947. The van der Waals surface area contributed by atoms with Crippen molar-refractivity contribution in [3.63, 3.8) is 0 Å². The van der Waals surface area contributed by atoms with Crippen molar-refractivity contribution in [1.29, 1.82) is 0 Å². The summed E-state index contributed by atoms with van der Waals surface area (Å²) in [5, 5.41) is 17.3. The lowest BCUT2D eigenvalue weighted by Crippen LogP contribution is -2.30. The van der Waals surface area contributed by atoms with E-state index in [1.807, 2.05) is 0 Å². The van der Waals surface area contributed by atoms with E-state index in [9.17, 15) is 9.18 Å². The number of halogens is 1. The second-order valence-electron chi connectivity index (χ2n) is 2.67. The zero-order valence-electron chi connectivity index (χ0n) is 6.18. The average Bonchev–Trinajstić information content (AvgIpc) is 2.17. The van der Waals surface area contributed by atoms with E-state index in [4.69, 9.17) is 18.1 Å². The van der Waals surface area contributed by atoms with Gasteiger partial charge in [-0.15, -0.1) is 0 Å². The monoisotopic (exact) mass is 174 g/mol. The minimum atomic E-state index is -1.70. The fourth-order valence-electron chi connectivity index (χ4n) is 1.10. The standard InChI is InChI=1S/C6H8BFO4/c7-6-4(8)5(11)2(12-6)1-3(9)10/h2,4-6,11H,1H2,(H,9,10). The van der Waals surface area contributed by atoms with E-state index < -0.39 is 36.8 Å². The number of carboxylic acids is 1. The Balaban J connectivity index is 2.52. The van der Waals surface area contributed by atoms with Crippen molar-refractivity contribution < 1.29 is 24.1 Å². The predicted molar refractivity (Wildman–Crippen MR) is 37.6 cm³/mol. The van der Waals surface area contributed by atoms with Crippen molar-refractivity contribution >= 4 is 13.8 Å². The molecule has 1 saturated heterocycles. The summed E-state index contributed by atoms with van der Waals surface area (Å²) < 4.78 is 17.4. The van der Waals surface area contributed by atoms with Crippen LogP contribution in [0.15, 0.2) is 0 Å². The number of aliphatic hydroxyl groups excluding tert-OH is 1. The van der Waals surface area contributed by atoms with Crippen LogP contribution >= 0.6 is 0 Å². The molecule has 0 aliphatic carbocycles. The largest absolute Gasteiger partial charge is 0.481 e. The molecule has 4 unspecified atom stereocenters. The topological polar surface area (TPSA) is 66.8 Å². The maximum absolute atomic E-state index is 12.7. The molecule has 0 amide bonds. The molecule has 1 aliphatic heterocycles. The summed E-state index contributed by atoms with van der Waals surface area (Å²) in [6.45, 7) is 0. The number of carboxylic acid groups (broad SMARTS) is 1. The van der Waals surface area contributed by atoms with Gasteiger partial charge in [-0.05, 0) is 0 Å². The molecule has 0 aromatic carbocycles. The molecular weight excluding hydrogens is 166 g/mol. The molecule has 1 aliphatic rings. The molecule has 1 rings (SSSR count). The van der Waals surface area contributed by atoms with E-state index >= 15 is 0 Å². The highest BCUT2D eigenvalue weighted by Crippen LogP contribution is 2.24. The second-order valence-corrected chi connectivity index (χ2v) is 2.67. The van der Waals surface area contributed by atoms with Crippen LogP contribution in [0.2, 0.25) is 0 Å². The summed E-state index contributed by atoms with van der Waals surface area (Å²) in [5.74, 6) is -1.15. The van der Waals surface area contributed by atoms with Gasteiger partial charge in [0.2, 0.25) is 0 Å². The Bertz CT molecular complexity index is 188. The molecular formula is C6H8BFO4. The number of hydrogen-bond donors (Lipinski definition) is 2. The summed E-state index contributed by atoms with van der Waals surface area (Å²) >= 11 is 0. The molecule has 0 aromatic heterocycles. The van der Waals surface area contributed by atoms with Gasteiger partial charge in [-0.1, -0.05) is 0 Å². The fourth-order valence-corrected chi connectivity index (χ4v) is 1.10. The van der Waals surface area contributed by atoms with Crippen LogP contribution in [0.1, 0.15) is 6.42 Å². The van der Waals surface area contributed by atoms with Crippen molar-refractivity contribution in [3.05, 3.63) is 0 Å². The van der Waals surface area contributed by atoms with Crippen molar-refractivity contribution in [2.24, 2.45) is 0 Å². The molecule has 0 bridgehead atoms. The summed E-state index contributed by atoms with van der Waals surface area (Å²) in [7, 11) is 5.08. The van der Waals surface area contributed by atoms with Gasteiger partial charge in [-0.2, -0.15) is 0 Å². The van der Waals surface area contributed by atoms with E-state index in [1.54, 1.807) is 0 Å². The quantitative estimate of drug-likeness (QED) is 0.529. The van der Waals surface area contributed by atoms with Crippen LogP contribution in [0.25, 0.3) is 0 Å². The molecule has 1 fully saturated rings. The third-order valence-electron chi connectivity index (χ3n) is 1.73. The van der Waals surface area contributed by atoms with E-state index in [2.05, 4.69) is 4.74 Å².